The number of piperazine rings is 1. The average Bonchev–Trinajstić information content (AvgIpc) is 3.44. The molecule has 30 heavy (non-hydrogen) atoms. The molecule has 0 bridgehead atoms. The molecule has 1 aliphatic heterocycles. The van der Waals surface area contributed by atoms with Crippen LogP contribution in [0.1, 0.15) is 56.5 Å². The van der Waals surface area contributed by atoms with E-state index >= 15 is 0 Å². The fourth-order valence-electron chi connectivity index (χ4n) is 4.15. The van der Waals surface area contributed by atoms with Crippen molar-refractivity contribution >= 4 is 41.8 Å². The molecule has 0 atom stereocenters. The van der Waals surface area contributed by atoms with E-state index in [-0.39, 0.29) is 47.4 Å². The van der Waals surface area contributed by atoms with E-state index in [9.17, 15) is 9.59 Å². The van der Waals surface area contributed by atoms with E-state index in [2.05, 4.69) is 43.3 Å². The van der Waals surface area contributed by atoms with Gasteiger partial charge in [-0.2, -0.15) is 0 Å². The Morgan fingerprint density at radius 2 is 2.00 bits per heavy atom. The van der Waals surface area contributed by atoms with Crippen molar-refractivity contribution in [3.8, 4) is 0 Å². The zero-order valence-corrected chi connectivity index (χ0v) is 20.9. The Labute approximate surface area is 196 Å². The molecule has 1 saturated heterocycles. The lowest BCUT2D eigenvalue weighted by atomic mass is 9.96. The van der Waals surface area contributed by atoms with Crippen LogP contribution in [0.4, 0.5) is 0 Å². The van der Waals surface area contributed by atoms with E-state index in [0.717, 1.165) is 18.4 Å². The lowest BCUT2D eigenvalue weighted by Crippen LogP contribution is -2.66. The van der Waals surface area contributed by atoms with Gasteiger partial charge in [-0.05, 0) is 58.2 Å². The summed E-state index contributed by atoms with van der Waals surface area (Å²) in [5.41, 5.74) is 1.40. The van der Waals surface area contributed by atoms with Gasteiger partial charge in [-0.1, -0.05) is 12.1 Å². The molecule has 2 amide bonds. The Morgan fingerprint density at radius 1 is 1.30 bits per heavy atom. The number of nitrogens with one attached hydrogen (secondary N) is 2. The second-order valence-electron chi connectivity index (χ2n) is 8.87. The first-order chi connectivity index (χ1) is 13.7. The second kappa shape index (κ2) is 9.98. The Kier molecular flexibility index (Phi) is 8.13. The van der Waals surface area contributed by atoms with Gasteiger partial charge in [0.1, 0.15) is 0 Å². The van der Waals surface area contributed by atoms with Crippen molar-refractivity contribution in [1.82, 2.24) is 20.4 Å². The van der Waals surface area contributed by atoms with Gasteiger partial charge in [0.2, 0.25) is 5.91 Å². The molecule has 1 aromatic rings. The van der Waals surface area contributed by atoms with Crippen LogP contribution < -0.4 is 10.6 Å². The number of hydrogen-bond donors (Lipinski definition) is 2. The summed E-state index contributed by atoms with van der Waals surface area (Å²) in [5.74, 6) is 0.788. The van der Waals surface area contributed by atoms with Gasteiger partial charge >= 0.3 is 0 Å². The molecule has 0 radical (unpaired) electrons. The fraction of sp³-hybridized carbons (Fsp3) is 0.591. The first-order valence-corrected chi connectivity index (χ1v) is 10.4. The van der Waals surface area contributed by atoms with Gasteiger partial charge in [-0.15, -0.1) is 24.0 Å². The number of guanidine groups is 1. The lowest BCUT2D eigenvalue weighted by Gasteiger charge is -2.49. The van der Waals surface area contributed by atoms with Crippen LogP contribution in [-0.2, 0) is 11.3 Å². The summed E-state index contributed by atoms with van der Waals surface area (Å²) in [6.07, 6.45) is 2.14. The Balaban J connectivity index is 0.00000320. The Hall–Kier alpha value is -1.84. The van der Waals surface area contributed by atoms with E-state index in [0.29, 0.717) is 37.2 Å². The van der Waals surface area contributed by atoms with Gasteiger partial charge in [0, 0.05) is 37.8 Å². The minimum absolute atomic E-state index is 0. The van der Waals surface area contributed by atoms with Crippen LogP contribution in [0.15, 0.2) is 29.3 Å². The van der Waals surface area contributed by atoms with Gasteiger partial charge in [-0.25, -0.2) is 0 Å². The van der Waals surface area contributed by atoms with Crippen LogP contribution in [0.3, 0.4) is 0 Å². The van der Waals surface area contributed by atoms with E-state index < -0.39 is 0 Å². The van der Waals surface area contributed by atoms with Crippen LogP contribution in [0.2, 0.25) is 0 Å². The smallest absolute Gasteiger partial charge is 0.251 e. The third kappa shape index (κ3) is 5.86. The van der Waals surface area contributed by atoms with Crippen LogP contribution >= 0.6 is 24.0 Å². The number of amides is 2. The number of rotatable bonds is 5. The van der Waals surface area contributed by atoms with Crippen LogP contribution in [-0.4, -0.2) is 65.3 Å². The number of carbonyl (C=O) groups is 2. The number of halogens is 1. The summed E-state index contributed by atoms with van der Waals surface area (Å²) >= 11 is 0. The molecule has 8 heteroatoms. The lowest BCUT2D eigenvalue weighted by molar-refractivity contribution is -0.145. The Morgan fingerprint density at radius 3 is 2.57 bits per heavy atom. The highest BCUT2D eigenvalue weighted by molar-refractivity contribution is 14.0. The summed E-state index contributed by atoms with van der Waals surface area (Å²) < 4.78 is 0. The molecular weight excluding hydrogens is 493 g/mol. The number of hydrogen-bond acceptors (Lipinski definition) is 3. The summed E-state index contributed by atoms with van der Waals surface area (Å²) in [5, 5.41) is 6.37. The number of benzene rings is 1. The van der Waals surface area contributed by atoms with Gasteiger partial charge in [0.05, 0.1) is 12.1 Å². The summed E-state index contributed by atoms with van der Waals surface area (Å²) in [6.45, 7) is 9.84. The molecule has 0 spiro atoms. The predicted octanol–water partition coefficient (Wildman–Crippen LogP) is 2.60. The topological polar surface area (TPSA) is 77.0 Å². The molecule has 1 saturated carbocycles. The standard InChI is InChI=1S/C22H33N5O2.HI/c1-15(2)27-19(28)13-26(14-22(27,3)4)21(23-5)24-12-16-7-6-8-17(11-16)20(29)25-18-9-10-18;/h6-8,11,15,18H,9-10,12-14H2,1-5H3,(H,23,24)(H,25,29);1H. The number of carbonyl (C=O) groups excluding carboxylic acids is 2. The summed E-state index contributed by atoms with van der Waals surface area (Å²) in [4.78, 5) is 33.3. The highest BCUT2D eigenvalue weighted by atomic mass is 127. The SMILES string of the molecule is CN=C(NCc1cccc(C(=O)NC2CC2)c1)N1CC(=O)N(C(C)C)C(C)(C)C1.I. The largest absolute Gasteiger partial charge is 0.352 e. The van der Waals surface area contributed by atoms with Gasteiger partial charge < -0.3 is 20.4 Å². The van der Waals surface area contributed by atoms with Crippen LogP contribution in [0.25, 0.3) is 0 Å². The maximum atomic E-state index is 12.7. The van der Waals surface area contributed by atoms with Gasteiger partial charge in [0.15, 0.2) is 5.96 Å². The van der Waals surface area contributed by atoms with Crippen molar-refractivity contribution in [3.05, 3.63) is 35.4 Å². The monoisotopic (exact) mass is 527 g/mol. The number of aliphatic imine (C=N–C) groups is 1. The highest BCUT2D eigenvalue weighted by Crippen LogP contribution is 2.24. The third-order valence-corrected chi connectivity index (χ3v) is 5.40. The quantitative estimate of drug-likeness (QED) is 0.351. The molecule has 0 aromatic heterocycles. The molecular formula is C22H34IN5O2. The molecule has 1 aliphatic carbocycles. The van der Waals surface area contributed by atoms with E-state index in [1.807, 2.05) is 34.1 Å². The van der Waals surface area contributed by atoms with Crippen molar-refractivity contribution in [2.75, 3.05) is 20.1 Å². The maximum Gasteiger partial charge on any atom is 0.251 e. The van der Waals surface area contributed by atoms with Crippen LogP contribution in [0, 0.1) is 0 Å². The fourth-order valence-corrected chi connectivity index (χ4v) is 4.15. The number of nitrogens with zero attached hydrogens (tertiary/aromatic N) is 3. The average molecular weight is 527 g/mol. The minimum Gasteiger partial charge on any atom is -0.352 e. The highest BCUT2D eigenvalue weighted by Gasteiger charge is 2.40. The molecule has 0 unspecified atom stereocenters. The third-order valence-electron chi connectivity index (χ3n) is 5.40. The molecule has 166 valence electrons. The second-order valence-corrected chi connectivity index (χ2v) is 8.87. The van der Waals surface area contributed by atoms with E-state index in [1.165, 1.54) is 0 Å². The van der Waals surface area contributed by atoms with Gasteiger partial charge in [0.25, 0.3) is 5.91 Å². The van der Waals surface area contributed by atoms with E-state index in [4.69, 9.17) is 0 Å². The van der Waals surface area contributed by atoms with Crippen molar-refractivity contribution < 1.29 is 9.59 Å². The van der Waals surface area contributed by atoms with E-state index in [1.54, 1.807) is 7.05 Å². The van der Waals surface area contributed by atoms with Crippen molar-refractivity contribution in [2.24, 2.45) is 4.99 Å². The van der Waals surface area contributed by atoms with Gasteiger partial charge in [-0.3, -0.25) is 14.6 Å². The predicted molar refractivity (Wildman–Crippen MR) is 130 cm³/mol. The van der Waals surface area contributed by atoms with Crippen LogP contribution in [0.5, 0.6) is 0 Å². The minimum atomic E-state index is -0.276. The summed E-state index contributed by atoms with van der Waals surface area (Å²) in [6, 6.07) is 8.13. The summed E-state index contributed by atoms with van der Waals surface area (Å²) in [7, 11) is 1.73. The zero-order chi connectivity index (χ0) is 21.2. The molecule has 2 fully saturated rings. The van der Waals surface area contributed by atoms with Crippen molar-refractivity contribution in [3.63, 3.8) is 0 Å². The molecule has 1 aromatic carbocycles. The molecule has 7 nitrogen and oxygen atoms in total. The normalized spacial score (nSPS) is 18.9. The van der Waals surface area contributed by atoms with Crippen molar-refractivity contribution in [2.45, 2.75) is 64.7 Å². The zero-order valence-electron chi connectivity index (χ0n) is 18.6. The Bertz CT molecular complexity index is 804. The maximum absolute atomic E-state index is 12.7. The molecule has 1 heterocycles. The molecule has 2 N–H and O–H groups in total. The molecule has 2 aliphatic rings. The first-order valence-electron chi connectivity index (χ1n) is 10.4. The first kappa shape index (κ1) is 24.4. The van der Waals surface area contributed by atoms with Crippen molar-refractivity contribution in [1.29, 1.82) is 0 Å². The molecule has 3 rings (SSSR count).